The first kappa shape index (κ1) is 24.9. The van der Waals surface area contributed by atoms with Gasteiger partial charge in [-0.2, -0.15) is 13.5 Å². The SMILES string of the molecule is Cc1cnn2c1[C@H](c1csc(C(=O)c3cncnc3N[C@@H]3C[C@H](COS(N)(=O)=O)[C@@H](O)C3)c1)OCC2. The number of aliphatic hydroxyl groups excluding tert-OH is 1. The van der Waals surface area contributed by atoms with Crippen molar-refractivity contribution in [2.45, 2.75) is 44.6 Å². The Kier molecular flexibility index (Phi) is 6.89. The number of thiophene rings is 1. The topological polar surface area (TPSA) is 172 Å². The number of nitrogens with zero attached hydrogens (tertiary/aromatic N) is 4. The number of rotatable bonds is 8. The van der Waals surface area contributed by atoms with E-state index in [-0.39, 0.29) is 24.5 Å². The zero-order valence-corrected chi connectivity index (χ0v) is 21.0. The lowest BCUT2D eigenvalue weighted by Gasteiger charge is -2.24. The fourth-order valence-electron chi connectivity index (χ4n) is 4.72. The molecule has 4 atom stereocenters. The predicted molar refractivity (Wildman–Crippen MR) is 130 cm³/mol. The van der Waals surface area contributed by atoms with E-state index in [0.29, 0.717) is 42.3 Å². The predicted octanol–water partition coefficient (Wildman–Crippen LogP) is 1.17. The third-order valence-corrected chi connectivity index (χ3v) is 7.87. The number of aromatic nitrogens is 4. The van der Waals surface area contributed by atoms with Crippen LogP contribution in [0.3, 0.4) is 0 Å². The molecule has 2 aliphatic rings. The van der Waals surface area contributed by atoms with Crippen molar-refractivity contribution in [1.29, 1.82) is 0 Å². The van der Waals surface area contributed by atoms with E-state index in [1.807, 2.05) is 29.2 Å². The van der Waals surface area contributed by atoms with Gasteiger partial charge in [0.2, 0.25) is 5.78 Å². The van der Waals surface area contributed by atoms with Gasteiger partial charge in [0.25, 0.3) is 0 Å². The zero-order chi connectivity index (χ0) is 25.4. The fraction of sp³-hybridized carbons (Fsp3) is 0.455. The van der Waals surface area contributed by atoms with Gasteiger partial charge in [-0.15, -0.1) is 11.3 Å². The van der Waals surface area contributed by atoms with Crippen LogP contribution < -0.4 is 10.5 Å². The number of anilines is 1. The summed E-state index contributed by atoms with van der Waals surface area (Å²) in [4.78, 5) is 22.2. The molecule has 0 aromatic carbocycles. The molecule has 0 unspecified atom stereocenters. The van der Waals surface area contributed by atoms with Crippen LogP contribution in [-0.4, -0.2) is 64.4 Å². The summed E-state index contributed by atoms with van der Waals surface area (Å²) in [5.74, 6) is -0.310. The molecule has 0 amide bonds. The van der Waals surface area contributed by atoms with Crippen molar-refractivity contribution in [2.75, 3.05) is 18.5 Å². The molecule has 1 saturated carbocycles. The second-order valence-electron chi connectivity index (χ2n) is 8.96. The first-order valence-corrected chi connectivity index (χ1v) is 13.7. The molecule has 192 valence electrons. The Morgan fingerprint density at radius 2 is 2.22 bits per heavy atom. The minimum absolute atomic E-state index is 0.215. The van der Waals surface area contributed by atoms with E-state index in [9.17, 15) is 18.3 Å². The number of ether oxygens (including phenoxy) is 1. The standard InChI is InChI=1S/C22H26N6O6S2/c1-12-7-26-28-2-3-33-21(19(12)28)14-5-18(35-10-14)20(30)16-8-24-11-25-22(16)27-15-4-13(17(29)6-15)9-34-36(23,31)32/h5,7-8,10-11,13,15,17,21,29H,2-4,6,9H2,1H3,(H2,23,31,32)(H,24,25,27)/t13-,15-,17+,21+/m1/s1. The van der Waals surface area contributed by atoms with Crippen molar-refractivity contribution < 1.29 is 27.2 Å². The Bertz CT molecular complexity index is 1370. The van der Waals surface area contributed by atoms with Crippen molar-refractivity contribution in [3.63, 3.8) is 0 Å². The van der Waals surface area contributed by atoms with Gasteiger partial charge < -0.3 is 15.2 Å². The first-order valence-electron chi connectivity index (χ1n) is 11.4. The zero-order valence-electron chi connectivity index (χ0n) is 19.4. The molecule has 4 N–H and O–H groups in total. The minimum atomic E-state index is -4.09. The van der Waals surface area contributed by atoms with E-state index < -0.39 is 22.3 Å². The van der Waals surface area contributed by atoms with E-state index in [4.69, 9.17) is 9.88 Å². The van der Waals surface area contributed by atoms with Gasteiger partial charge in [-0.1, -0.05) is 0 Å². The third-order valence-electron chi connectivity index (χ3n) is 6.46. The van der Waals surface area contributed by atoms with E-state index in [0.717, 1.165) is 16.8 Å². The van der Waals surface area contributed by atoms with Crippen molar-refractivity contribution in [3.8, 4) is 0 Å². The van der Waals surface area contributed by atoms with Gasteiger partial charge in [-0.3, -0.25) is 13.7 Å². The van der Waals surface area contributed by atoms with Crippen molar-refractivity contribution in [1.82, 2.24) is 19.7 Å². The first-order chi connectivity index (χ1) is 17.2. The highest BCUT2D eigenvalue weighted by Crippen LogP contribution is 2.35. The van der Waals surface area contributed by atoms with Crippen LogP contribution in [0.1, 0.15) is 51.0 Å². The summed E-state index contributed by atoms with van der Waals surface area (Å²) in [7, 11) is -4.09. The average molecular weight is 535 g/mol. The summed E-state index contributed by atoms with van der Waals surface area (Å²) in [6.45, 7) is 3.00. The van der Waals surface area contributed by atoms with Gasteiger partial charge in [0.15, 0.2) is 0 Å². The molecule has 1 aliphatic carbocycles. The second-order valence-corrected chi connectivity index (χ2v) is 11.1. The monoisotopic (exact) mass is 534 g/mol. The van der Waals surface area contributed by atoms with Gasteiger partial charge in [-0.05, 0) is 42.3 Å². The highest BCUT2D eigenvalue weighted by atomic mass is 32.2. The maximum absolute atomic E-state index is 13.4. The highest BCUT2D eigenvalue weighted by Gasteiger charge is 2.35. The fourth-order valence-corrected chi connectivity index (χ4v) is 5.97. The van der Waals surface area contributed by atoms with Crippen LogP contribution in [0.15, 0.2) is 30.2 Å². The Labute approximate surface area is 211 Å². The summed E-state index contributed by atoms with van der Waals surface area (Å²) in [5.41, 5.74) is 3.21. The molecule has 0 bridgehead atoms. The largest absolute Gasteiger partial charge is 0.393 e. The molecule has 0 radical (unpaired) electrons. The summed E-state index contributed by atoms with van der Waals surface area (Å²) < 4.78 is 34.8. The van der Waals surface area contributed by atoms with Gasteiger partial charge in [-0.25, -0.2) is 15.1 Å². The lowest BCUT2D eigenvalue weighted by Crippen LogP contribution is -2.24. The van der Waals surface area contributed by atoms with E-state index in [2.05, 4.69) is 24.6 Å². The van der Waals surface area contributed by atoms with E-state index >= 15 is 0 Å². The summed E-state index contributed by atoms with van der Waals surface area (Å²) in [5, 5.41) is 24.7. The Morgan fingerprint density at radius 1 is 1.39 bits per heavy atom. The van der Waals surface area contributed by atoms with Crippen molar-refractivity contribution in [2.24, 2.45) is 11.1 Å². The summed E-state index contributed by atoms with van der Waals surface area (Å²) >= 11 is 1.32. The van der Waals surface area contributed by atoms with Crippen molar-refractivity contribution >= 4 is 33.2 Å². The number of aryl methyl sites for hydroxylation is 1. The Balaban J connectivity index is 1.31. The molecule has 3 aromatic heterocycles. The summed E-state index contributed by atoms with van der Waals surface area (Å²) in [6.07, 6.45) is 4.30. The van der Waals surface area contributed by atoms with Crippen LogP contribution in [0.25, 0.3) is 0 Å². The van der Waals surface area contributed by atoms with Crippen LogP contribution in [0.5, 0.6) is 0 Å². The van der Waals surface area contributed by atoms with E-state index in [1.165, 1.54) is 23.9 Å². The van der Waals surface area contributed by atoms with Crippen LogP contribution in [0.4, 0.5) is 5.82 Å². The maximum atomic E-state index is 13.4. The average Bonchev–Trinajstić information content (AvgIpc) is 3.56. The Hall–Kier alpha value is -2.75. The quantitative estimate of drug-likeness (QED) is 0.356. The number of nitrogens with two attached hydrogens (primary N) is 1. The molecule has 0 spiro atoms. The molecular formula is C22H26N6O6S2. The molecule has 1 fully saturated rings. The number of aliphatic hydroxyl groups is 1. The highest BCUT2D eigenvalue weighted by molar-refractivity contribution is 7.84. The number of hydrogen-bond donors (Lipinski definition) is 3. The van der Waals surface area contributed by atoms with Gasteiger partial charge >= 0.3 is 10.3 Å². The van der Waals surface area contributed by atoms with Gasteiger partial charge in [0.05, 0.1) is 48.2 Å². The lowest BCUT2D eigenvalue weighted by molar-refractivity contribution is 0.0420. The molecule has 5 rings (SSSR count). The smallest absolute Gasteiger partial charge is 0.333 e. The number of ketones is 1. The van der Waals surface area contributed by atoms with Crippen LogP contribution in [-0.2, 0) is 25.8 Å². The maximum Gasteiger partial charge on any atom is 0.333 e. The number of fused-ring (bicyclic) bond motifs is 1. The third kappa shape index (κ3) is 5.19. The molecule has 3 aromatic rings. The molecule has 12 nitrogen and oxygen atoms in total. The number of carbonyl (C=O) groups is 1. The van der Waals surface area contributed by atoms with Gasteiger partial charge in [0, 0.05) is 18.2 Å². The second kappa shape index (κ2) is 9.95. The molecule has 36 heavy (non-hydrogen) atoms. The van der Waals surface area contributed by atoms with Crippen LogP contribution in [0.2, 0.25) is 0 Å². The van der Waals surface area contributed by atoms with Crippen molar-refractivity contribution in [3.05, 3.63) is 57.4 Å². The van der Waals surface area contributed by atoms with E-state index in [1.54, 1.807) is 0 Å². The molecule has 0 saturated heterocycles. The van der Waals surface area contributed by atoms with Crippen LogP contribution >= 0.6 is 11.3 Å². The molecule has 14 heteroatoms. The summed E-state index contributed by atoms with van der Waals surface area (Å²) in [6, 6.07) is 1.59. The number of carbonyl (C=O) groups excluding carboxylic acids is 1. The van der Waals surface area contributed by atoms with Gasteiger partial charge in [0.1, 0.15) is 18.2 Å². The Morgan fingerprint density at radius 3 is 3.03 bits per heavy atom. The lowest BCUT2D eigenvalue weighted by atomic mass is 10.0. The number of nitrogens with one attached hydrogen (secondary N) is 1. The van der Waals surface area contributed by atoms with Crippen LogP contribution in [0, 0.1) is 12.8 Å². The number of hydrogen-bond acceptors (Lipinski definition) is 11. The molecule has 4 heterocycles. The molecule has 1 aliphatic heterocycles. The minimum Gasteiger partial charge on any atom is -0.393 e. The normalized spacial score (nSPS) is 24.0. The molecular weight excluding hydrogens is 508 g/mol.